The molecule has 23 heavy (non-hydrogen) atoms. The Balaban J connectivity index is 1.63. The van der Waals surface area contributed by atoms with Crippen LogP contribution in [-0.2, 0) is 29.3 Å². The molecule has 3 rings (SSSR count). The molecule has 1 aliphatic rings. The van der Waals surface area contributed by atoms with Gasteiger partial charge < -0.3 is 0 Å². The molecule has 0 fully saturated rings. The van der Waals surface area contributed by atoms with E-state index in [1.807, 2.05) is 37.3 Å². The predicted octanol–water partition coefficient (Wildman–Crippen LogP) is 3.47. The second-order valence-corrected chi connectivity index (χ2v) is 8.04. The molecule has 0 spiro atoms. The van der Waals surface area contributed by atoms with Gasteiger partial charge in [0, 0.05) is 6.04 Å². The van der Waals surface area contributed by atoms with E-state index >= 15 is 0 Å². The van der Waals surface area contributed by atoms with Gasteiger partial charge in [0.05, 0.1) is 4.90 Å². The van der Waals surface area contributed by atoms with Crippen LogP contribution in [0.3, 0.4) is 0 Å². The summed E-state index contributed by atoms with van der Waals surface area (Å²) in [6, 6.07) is 15.6. The number of hydrogen-bond acceptors (Lipinski definition) is 2. The lowest BCUT2D eigenvalue weighted by atomic mass is 10.1. The number of sulfonamides is 1. The molecule has 3 nitrogen and oxygen atoms in total. The minimum atomic E-state index is -3.44. The maximum Gasteiger partial charge on any atom is 0.240 e. The highest BCUT2D eigenvalue weighted by atomic mass is 32.2. The van der Waals surface area contributed by atoms with E-state index in [0.29, 0.717) is 4.90 Å². The van der Waals surface area contributed by atoms with Crippen LogP contribution in [0.5, 0.6) is 0 Å². The maximum atomic E-state index is 12.5. The second-order valence-electron chi connectivity index (χ2n) is 6.33. The Kier molecular flexibility index (Phi) is 4.83. The zero-order valence-corrected chi connectivity index (χ0v) is 14.3. The Morgan fingerprint density at radius 3 is 2.57 bits per heavy atom. The van der Waals surface area contributed by atoms with Gasteiger partial charge in [0.25, 0.3) is 0 Å². The second kappa shape index (κ2) is 6.85. The van der Waals surface area contributed by atoms with E-state index in [-0.39, 0.29) is 6.04 Å². The Labute approximate surface area is 138 Å². The van der Waals surface area contributed by atoms with Gasteiger partial charge in [-0.25, -0.2) is 13.1 Å². The summed E-state index contributed by atoms with van der Waals surface area (Å²) in [5.41, 5.74) is 3.71. The fraction of sp³-hybridized carbons (Fsp3) is 0.368. The topological polar surface area (TPSA) is 46.2 Å². The summed E-state index contributed by atoms with van der Waals surface area (Å²) in [6.07, 6.45) is 4.83. The van der Waals surface area contributed by atoms with Gasteiger partial charge in [-0.3, -0.25) is 0 Å². The van der Waals surface area contributed by atoms with Crippen LogP contribution in [0.1, 0.15) is 36.5 Å². The highest BCUT2D eigenvalue weighted by Gasteiger charge is 2.20. The monoisotopic (exact) mass is 329 g/mol. The molecular weight excluding hydrogens is 306 g/mol. The standard InChI is InChI=1S/C19H23NO2S/c1-15(10-11-16-6-3-2-4-7-16)20-23(21,22)19-13-12-17-8-5-9-18(17)14-19/h2-4,6-7,12-15,20H,5,8-11H2,1H3/t15-/m1/s1. The van der Waals surface area contributed by atoms with Crippen molar-refractivity contribution in [3.63, 3.8) is 0 Å². The van der Waals surface area contributed by atoms with Crippen LogP contribution in [-0.4, -0.2) is 14.5 Å². The van der Waals surface area contributed by atoms with E-state index in [9.17, 15) is 8.42 Å². The van der Waals surface area contributed by atoms with Gasteiger partial charge in [0.15, 0.2) is 0 Å². The van der Waals surface area contributed by atoms with Crippen molar-refractivity contribution in [3.8, 4) is 0 Å². The maximum absolute atomic E-state index is 12.5. The lowest BCUT2D eigenvalue weighted by Crippen LogP contribution is -2.33. The van der Waals surface area contributed by atoms with Crippen molar-refractivity contribution < 1.29 is 8.42 Å². The molecule has 1 aliphatic carbocycles. The average Bonchev–Trinajstić information content (AvgIpc) is 3.01. The average molecular weight is 329 g/mol. The minimum absolute atomic E-state index is 0.0894. The number of nitrogens with one attached hydrogen (secondary N) is 1. The predicted molar refractivity (Wildman–Crippen MR) is 93.0 cm³/mol. The molecule has 2 aromatic carbocycles. The van der Waals surface area contributed by atoms with Crippen LogP contribution in [0, 0.1) is 0 Å². The van der Waals surface area contributed by atoms with Crippen molar-refractivity contribution in [3.05, 3.63) is 65.2 Å². The van der Waals surface area contributed by atoms with Crippen LogP contribution in [0.15, 0.2) is 53.4 Å². The summed E-state index contributed by atoms with van der Waals surface area (Å²) in [5.74, 6) is 0. The van der Waals surface area contributed by atoms with Crippen LogP contribution < -0.4 is 4.72 Å². The van der Waals surface area contributed by atoms with Gasteiger partial charge in [-0.15, -0.1) is 0 Å². The lowest BCUT2D eigenvalue weighted by molar-refractivity contribution is 0.547. The van der Waals surface area contributed by atoms with Crippen molar-refractivity contribution in [1.82, 2.24) is 4.72 Å². The molecule has 0 heterocycles. The number of rotatable bonds is 6. The van der Waals surface area contributed by atoms with Crippen LogP contribution in [0.25, 0.3) is 0 Å². The smallest absolute Gasteiger partial charge is 0.208 e. The van der Waals surface area contributed by atoms with E-state index in [1.165, 1.54) is 16.7 Å². The summed E-state index contributed by atoms with van der Waals surface area (Å²) < 4.78 is 27.9. The fourth-order valence-corrected chi connectivity index (χ4v) is 4.46. The van der Waals surface area contributed by atoms with Crippen LogP contribution >= 0.6 is 0 Å². The first kappa shape index (κ1) is 16.2. The molecule has 0 saturated heterocycles. The molecule has 0 unspecified atom stereocenters. The Morgan fingerprint density at radius 1 is 1.04 bits per heavy atom. The zero-order valence-electron chi connectivity index (χ0n) is 13.5. The highest BCUT2D eigenvalue weighted by molar-refractivity contribution is 7.89. The molecule has 0 bridgehead atoms. The fourth-order valence-electron chi connectivity index (χ4n) is 3.14. The van der Waals surface area contributed by atoms with Crippen molar-refractivity contribution >= 4 is 10.0 Å². The highest BCUT2D eigenvalue weighted by Crippen LogP contribution is 2.24. The van der Waals surface area contributed by atoms with Crippen molar-refractivity contribution in [2.75, 3.05) is 0 Å². The van der Waals surface area contributed by atoms with E-state index in [4.69, 9.17) is 0 Å². The molecule has 0 aromatic heterocycles. The molecule has 122 valence electrons. The molecule has 0 saturated carbocycles. The van der Waals surface area contributed by atoms with E-state index in [2.05, 4.69) is 16.9 Å². The Bertz CT molecular complexity index is 769. The summed E-state index contributed by atoms with van der Waals surface area (Å²) in [4.78, 5) is 0.393. The summed E-state index contributed by atoms with van der Waals surface area (Å²) in [5, 5.41) is 0. The molecule has 1 atom stereocenters. The molecule has 2 aromatic rings. The van der Waals surface area contributed by atoms with Crippen molar-refractivity contribution in [1.29, 1.82) is 0 Å². The van der Waals surface area contributed by atoms with Crippen LogP contribution in [0.2, 0.25) is 0 Å². The van der Waals surface area contributed by atoms with Gasteiger partial charge >= 0.3 is 0 Å². The SMILES string of the molecule is C[C@H](CCc1ccccc1)NS(=O)(=O)c1ccc2c(c1)CCC2. The first-order valence-electron chi connectivity index (χ1n) is 8.23. The van der Waals surface area contributed by atoms with Crippen molar-refractivity contribution in [2.45, 2.75) is 50.0 Å². The van der Waals surface area contributed by atoms with Crippen molar-refractivity contribution in [2.24, 2.45) is 0 Å². The number of benzene rings is 2. The normalized spacial score (nSPS) is 15.3. The molecular formula is C19H23NO2S. The third-order valence-corrected chi connectivity index (χ3v) is 6.03. The molecule has 1 N–H and O–H groups in total. The zero-order chi connectivity index (χ0) is 16.3. The minimum Gasteiger partial charge on any atom is -0.208 e. The van der Waals surface area contributed by atoms with Gasteiger partial charge in [-0.05, 0) is 67.9 Å². The number of aryl methyl sites for hydroxylation is 3. The third kappa shape index (κ3) is 4.01. The van der Waals surface area contributed by atoms with E-state index in [1.54, 1.807) is 6.07 Å². The van der Waals surface area contributed by atoms with Gasteiger partial charge in [0.1, 0.15) is 0 Å². The summed E-state index contributed by atoms with van der Waals surface area (Å²) >= 11 is 0. The lowest BCUT2D eigenvalue weighted by Gasteiger charge is -2.15. The third-order valence-electron chi connectivity index (χ3n) is 4.45. The Morgan fingerprint density at radius 2 is 1.78 bits per heavy atom. The van der Waals surface area contributed by atoms with Gasteiger partial charge in [0.2, 0.25) is 10.0 Å². The number of fused-ring (bicyclic) bond motifs is 1. The summed E-state index contributed by atoms with van der Waals surface area (Å²) in [7, 11) is -3.44. The molecule has 0 aliphatic heterocycles. The van der Waals surface area contributed by atoms with E-state index in [0.717, 1.165) is 32.1 Å². The first-order valence-corrected chi connectivity index (χ1v) is 9.71. The van der Waals surface area contributed by atoms with Gasteiger partial charge in [-0.2, -0.15) is 0 Å². The molecule has 4 heteroatoms. The van der Waals surface area contributed by atoms with Crippen LogP contribution in [0.4, 0.5) is 0 Å². The first-order chi connectivity index (χ1) is 11.0. The molecule has 0 radical (unpaired) electrons. The van der Waals surface area contributed by atoms with Gasteiger partial charge in [-0.1, -0.05) is 36.4 Å². The van der Waals surface area contributed by atoms with E-state index < -0.39 is 10.0 Å². The summed E-state index contributed by atoms with van der Waals surface area (Å²) in [6.45, 7) is 1.92. The quantitative estimate of drug-likeness (QED) is 0.882. The molecule has 0 amide bonds. The Hall–Kier alpha value is -1.65. The largest absolute Gasteiger partial charge is 0.240 e. The number of hydrogen-bond donors (Lipinski definition) is 1.